The van der Waals surface area contributed by atoms with Crippen LogP contribution >= 0.6 is 11.3 Å². The van der Waals surface area contributed by atoms with E-state index in [1.54, 1.807) is 35.2 Å². The SMILES string of the molecule is O=C(Nc1ccc2c(c1)OCO2)c1nnc(C2CCN(C(=O)NCc3ccc(F)cc3)CC2)s1. The van der Waals surface area contributed by atoms with E-state index in [0.29, 0.717) is 36.8 Å². The van der Waals surface area contributed by atoms with Crippen LogP contribution in [-0.4, -0.2) is 46.9 Å². The summed E-state index contributed by atoms with van der Waals surface area (Å²) in [6, 6.07) is 11.1. The van der Waals surface area contributed by atoms with Gasteiger partial charge < -0.3 is 25.0 Å². The number of amides is 3. The third-order valence-electron chi connectivity index (χ3n) is 5.75. The standard InChI is InChI=1S/C23H22FN5O4S/c24-16-3-1-14(2-4-16)12-25-23(31)29-9-7-15(8-10-29)21-27-28-22(34-21)20(30)26-17-5-6-18-19(11-17)33-13-32-18/h1-6,11,15H,7-10,12-13H2,(H,25,31)(H,26,30). The number of halogens is 1. The molecule has 34 heavy (non-hydrogen) atoms. The first kappa shape index (κ1) is 22.1. The number of likely N-dealkylation sites (tertiary alicyclic amines) is 1. The Bertz CT molecular complexity index is 1190. The first-order valence-corrected chi connectivity index (χ1v) is 11.7. The van der Waals surface area contributed by atoms with Gasteiger partial charge in [0.15, 0.2) is 11.5 Å². The largest absolute Gasteiger partial charge is 0.454 e. The fourth-order valence-electron chi connectivity index (χ4n) is 3.87. The maximum absolute atomic E-state index is 13.0. The third kappa shape index (κ3) is 4.93. The van der Waals surface area contributed by atoms with Crippen LogP contribution in [0.4, 0.5) is 14.9 Å². The smallest absolute Gasteiger partial charge is 0.317 e. The molecule has 0 saturated carbocycles. The van der Waals surface area contributed by atoms with Crippen LogP contribution in [0.1, 0.15) is 39.1 Å². The Morgan fingerprint density at radius 2 is 1.82 bits per heavy atom. The highest BCUT2D eigenvalue weighted by Crippen LogP contribution is 2.35. The van der Waals surface area contributed by atoms with Crippen molar-refractivity contribution in [3.05, 3.63) is 63.9 Å². The van der Waals surface area contributed by atoms with Crippen LogP contribution in [-0.2, 0) is 6.54 Å². The number of benzene rings is 2. The van der Waals surface area contributed by atoms with Gasteiger partial charge in [0.2, 0.25) is 11.8 Å². The number of carbonyl (C=O) groups is 2. The summed E-state index contributed by atoms with van der Waals surface area (Å²) < 4.78 is 23.6. The average Bonchev–Trinajstić information content (AvgIpc) is 3.53. The van der Waals surface area contributed by atoms with Gasteiger partial charge in [0.05, 0.1) is 0 Å². The van der Waals surface area contributed by atoms with Crippen LogP contribution in [0.15, 0.2) is 42.5 Å². The molecule has 0 radical (unpaired) electrons. The van der Waals surface area contributed by atoms with Crippen LogP contribution in [0.2, 0.25) is 0 Å². The molecule has 2 aliphatic rings. The van der Waals surface area contributed by atoms with Gasteiger partial charge in [0, 0.05) is 37.3 Å². The van der Waals surface area contributed by atoms with Gasteiger partial charge in [-0.15, -0.1) is 10.2 Å². The van der Waals surface area contributed by atoms with Crippen molar-refractivity contribution in [2.24, 2.45) is 0 Å². The van der Waals surface area contributed by atoms with Crippen LogP contribution < -0.4 is 20.1 Å². The van der Waals surface area contributed by atoms with E-state index in [9.17, 15) is 14.0 Å². The minimum absolute atomic E-state index is 0.144. The molecule has 1 aromatic heterocycles. The topological polar surface area (TPSA) is 106 Å². The van der Waals surface area contributed by atoms with Crippen molar-refractivity contribution in [1.29, 1.82) is 0 Å². The van der Waals surface area contributed by atoms with Crippen molar-refractivity contribution in [2.75, 3.05) is 25.2 Å². The number of ether oxygens (including phenoxy) is 2. The second-order valence-electron chi connectivity index (χ2n) is 8.01. The van der Waals surface area contributed by atoms with Crippen molar-refractivity contribution >= 4 is 29.0 Å². The summed E-state index contributed by atoms with van der Waals surface area (Å²) in [7, 11) is 0. The quantitative estimate of drug-likeness (QED) is 0.573. The van der Waals surface area contributed by atoms with Gasteiger partial charge in [-0.3, -0.25) is 4.79 Å². The molecule has 0 unspecified atom stereocenters. The Kier molecular flexibility index (Phi) is 6.26. The number of urea groups is 1. The molecule has 0 atom stereocenters. The Balaban J connectivity index is 1.11. The summed E-state index contributed by atoms with van der Waals surface area (Å²) in [5, 5.41) is 15.0. The van der Waals surface area contributed by atoms with Gasteiger partial charge in [0.25, 0.3) is 5.91 Å². The lowest BCUT2D eigenvalue weighted by Crippen LogP contribution is -2.43. The summed E-state index contributed by atoms with van der Waals surface area (Å²) in [6.45, 7) is 1.68. The molecule has 1 fully saturated rings. The number of hydrogen-bond donors (Lipinski definition) is 2. The summed E-state index contributed by atoms with van der Waals surface area (Å²) in [5.74, 6) is 0.740. The molecular weight excluding hydrogens is 461 g/mol. The zero-order chi connectivity index (χ0) is 23.5. The molecule has 3 amide bonds. The summed E-state index contributed by atoms with van der Waals surface area (Å²) in [5.41, 5.74) is 1.43. The van der Waals surface area contributed by atoms with Crippen molar-refractivity contribution in [3.8, 4) is 11.5 Å². The number of carbonyl (C=O) groups excluding carboxylic acids is 2. The van der Waals surface area contributed by atoms with Gasteiger partial charge in [-0.25, -0.2) is 9.18 Å². The Morgan fingerprint density at radius 1 is 1.06 bits per heavy atom. The molecule has 1 saturated heterocycles. The molecule has 2 aliphatic heterocycles. The molecule has 3 heterocycles. The molecular formula is C23H22FN5O4S. The highest BCUT2D eigenvalue weighted by atomic mass is 32.1. The number of piperidine rings is 1. The first-order chi connectivity index (χ1) is 16.5. The van der Waals surface area contributed by atoms with E-state index >= 15 is 0 Å². The van der Waals surface area contributed by atoms with Gasteiger partial charge >= 0.3 is 6.03 Å². The van der Waals surface area contributed by atoms with E-state index in [-0.39, 0.29) is 35.5 Å². The van der Waals surface area contributed by atoms with Gasteiger partial charge in [-0.1, -0.05) is 23.5 Å². The lowest BCUT2D eigenvalue weighted by molar-refractivity contribution is 0.102. The highest BCUT2D eigenvalue weighted by Gasteiger charge is 2.27. The lowest BCUT2D eigenvalue weighted by Gasteiger charge is -2.31. The Labute approximate surface area is 198 Å². The zero-order valence-corrected chi connectivity index (χ0v) is 18.9. The second kappa shape index (κ2) is 9.64. The van der Waals surface area contributed by atoms with E-state index in [4.69, 9.17) is 9.47 Å². The van der Waals surface area contributed by atoms with Crippen LogP contribution in [0, 0.1) is 5.82 Å². The maximum Gasteiger partial charge on any atom is 0.317 e. The molecule has 0 bridgehead atoms. The fraction of sp³-hybridized carbons (Fsp3) is 0.304. The minimum atomic E-state index is -0.333. The van der Waals surface area contributed by atoms with Crippen LogP contribution in [0.25, 0.3) is 0 Å². The van der Waals surface area contributed by atoms with Crippen LogP contribution in [0.3, 0.4) is 0 Å². The fourth-order valence-corrected chi connectivity index (χ4v) is 4.78. The molecule has 0 spiro atoms. The zero-order valence-electron chi connectivity index (χ0n) is 18.1. The number of rotatable bonds is 5. The predicted octanol–water partition coefficient (Wildman–Crippen LogP) is 3.75. The molecule has 3 aromatic rings. The monoisotopic (exact) mass is 483 g/mol. The molecule has 9 nitrogen and oxygen atoms in total. The summed E-state index contributed by atoms with van der Waals surface area (Å²) in [4.78, 5) is 26.8. The molecule has 11 heteroatoms. The number of aromatic nitrogens is 2. The van der Waals surface area contributed by atoms with Crippen molar-refractivity contribution < 1.29 is 23.5 Å². The summed E-state index contributed by atoms with van der Waals surface area (Å²) in [6.07, 6.45) is 1.48. The molecule has 5 rings (SSSR count). The summed E-state index contributed by atoms with van der Waals surface area (Å²) >= 11 is 1.27. The van der Waals surface area contributed by atoms with Crippen molar-refractivity contribution in [3.63, 3.8) is 0 Å². The average molecular weight is 484 g/mol. The number of anilines is 1. The van der Waals surface area contributed by atoms with Gasteiger partial charge in [0.1, 0.15) is 10.8 Å². The van der Waals surface area contributed by atoms with E-state index in [0.717, 1.165) is 23.4 Å². The molecule has 2 N–H and O–H groups in total. The number of fused-ring (bicyclic) bond motifs is 1. The number of nitrogens with one attached hydrogen (secondary N) is 2. The number of nitrogens with zero attached hydrogens (tertiary/aromatic N) is 3. The number of hydrogen-bond acceptors (Lipinski definition) is 7. The van der Waals surface area contributed by atoms with Gasteiger partial charge in [-0.2, -0.15) is 0 Å². The normalized spacial score (nSPS) is 15.3. The second-order valence-corrected chi connectivity index (χ2v) is 9.02. The van der Waals surface area contributed by atoms with E-state index < -0.39 is 0 Å². The highest BCUT2D eigenvalue weighted by molar-refractivity contribution is 7.13. The van der Waals surface area contributed by atoms with Crippen molar-refractivity contribution in [1.82, 2.24) is 20.4 Å². The Hall–Kier alpha value is -3.73. The molecule has 176 valence electrons. The lowest BCUT2D eigenvalue weighted by atomic mass is 9.98. The van der Waals surface area contributed by atoms with Crippen molar-refractivity contribution in [2.45, 2.75) is 25.3 Å². The first-order valence-electron chi connectivity index (χ1n) is 10.9. The predicted molar refractivity (Wildman–Crippen MR) is 123 cm³/mol. The minimum Gasteiger partial charge on any atom is -0.454 e. The molecule has 0 aliphatic carbocycles. The van der Waals surface area contributed by atoms with E-state index in [1.807, 2.05) is 0 Å². The third-order valence-corrected chi connectivity index (χ3v) is 6.84. The molecule has 2 aromatic carbocycles. The Morgan fingerprint density at radius 3 is 2.62 bits per heavy atom. The maximum atomic E-state index is 13.0. The van der Waals surface area contributed by atoms with E-state index in [2.05, 4.69) is 20.8 Å². The van der Waals surface area contributed by atoms with Crippen LogP contribution in [0.5, 0.6) is 11.5 Å². The van der Waals surface area contributed by atoms with E-state index in [1.165, 1.54) is 23.5 Å². The van der Waals surface area contributed by atoms with Gasteiger partial charge in [-0.05, 0) is 42.7 Å².